The number of carbonyl (C=O) groups excluding carboxylic acids is 4. The van der Waals surface area contributed by atoms with Crippen LogP contribution in [0.25, 0.3) is 6.08 Å². The van der Waals surface area contributed by atoms with Crippen LogP contribution >= 0.6 is 23.1 Å². The van der Waals surface area contributed by atoms with Crippen LogP contribution in [-0.2, 0) is 27.3 Å². The highest BCUT2D eigenvalue weighted by molar-refractivity contribution is 8.00. The fraction of sp³-hybridized carbons (Fsp3) is 0.237. The van der Waals surface area contributed by atoms with Gasteiger partial charge in [0, 0.05) is 34.5 Å². The van der Waals surface area contributed by atoms with Gasteiger partial charge < -0.3 is 35.1 Å². The molecule has 0 spiro atoms. The van der Waals surface area contributed by atoms with E-state index >= 15 is 0 Å². The van der Waals surface area contributed by atoms with E-state index in [-0.39, 0.29) is 17.5 Å². The predicted octanol–water partition coefficient (Wildman–Crippen LogP) is 6.08. The fourth-order valence-electron chi connectivity index (χ4n) is 5.49. The monoisotopic (exact) mass is 739 g/mol. The van der Waals surface area contributed by atoms with Gasteiger partial charge in [-0.2, -0.15) is 5.26 Å². The summed E-state index contributed by atoms with van der Waals surface area (Å²) in [5, 5.41) is 18.3. The summed E-state index contributed by atoms with van der Waals surface area (Å²) in [6.45, 7) is 4.21. The Bertz CT molecular complexity index is 2050. The van der Waals surface area contributed by atoms with E-state index in [2.05, 4.69) is 22.0 Å². The molecule has 4 amide bonds. The average Bonchev–Trinajstić information content (AvgIpc) is 3.50. The number of hydrogen-bond donors (Lipinski definition) is 3. The first-order valence-electron chi connectivity index (χ1n) is 16.1. The maximum atomic E-state index is 13.8. The maximum absolute atomic E-state index is 13.8. The largest absolute Gasteiger partial charge is 0.493 e. The summed E-state index contributed by atoms with van der Waals surface area (Å²) in [5.74, 6) is -0.299. The lowest BCUT2D eigenvalue weighted by atomic mass is 10.0. The van der Waals surface area contributed by atoms with Crippen LogP contribution in [0.3, 0.4) is 0 Å². The summed E-state index contributed by atoms with van der Waals surface area (Å²) >= 11 is 2.60. The molecule has 1 unspecified atom stereocenters. The van der Waals surface area contributed by atoms with Crippen LogP contribution in [0.2, 0.25) is 0 Å². The smallest absolute Gasteiger partial charge is 0.272 e. The number of anilines is 2. The first-order valence-corrected chi connectivity index (χ1v) is 17.8. The Labute approximate surface area is 309 Å². The molecule has 0 bridgehead atoms. The molecular formula is C38H37N5O7S2. The van der Waals surface area contributed by atoms with Crippen LogP contribution in [0.1, 0.15) is 45.8 Å². The minimum absolute atomic E-state index is 0.0330. The molecule has 5 rings (SSSR count). The highest BCUT2D eigenvalue weighted by Gasteiger charge is 2.27. The van der Waals surface area contributed by atoms with Crippen molar-refractivity contribution < 1.29 is 33.4 Å². The van der Waals surface area contributed by atoms with Crippen molar-refractivity contribution in [2.24, 2.45) is 0 Å². The summed E-state index contributed by atoms with van der Waals surface area (Å²) in [6, 6.07) is 21.0. The molecule has 14 heteroatoms. The molecule has 1 aromatic heterocycles. The summed E-state index contributed by atoms with van der Waals surface area (Å²) in [6.07, 6.45) is 2.06. The van der Waals surface area contributed by atoms with Gasteiger partial charge in [-0.05, 0) is 73.0 Å². The van der Waals surface area contributed by atoms with Crippen molar-refractivity contribution in [3.8, 4) is 23.3 Å². The van der Waals surface area contributed by atoms with Crippen LogP contribution in [0.4, 0.5) is 10.7 Å². The molecule has 1 aliphatic heterocycles. The van der Waals surface area contributed by atoms with E-state index in [0.29, 0.717) is 69.0 Å². The number of hydrogen-bond acceptors (Lipinski definition) is 10. The van der Waals surface area contributed by atoms with Crippen LogP contribution in [0.5, 0.6) is 17.2 Å². The molecule has 52 heavy (non-hydrogen) atoms. The van der Waals surface area contributed by atoms with Crippen LogP contribution < -0.4 is 30.2 Å². The number of nitrogens with one attached hydrogen (secondary N) is 3. The first kappa shape index (κ1) is 37.5. The van der Waals surface area contributed by atoms with Crippen molar-refractivity contribution >= 4 is 63.5 Å². The van der Waals surface area contributed by atoms with Crippen LogP contribution in [-0.4, -0.2) is 61.7 Å². The van der Waals surface area contributed by atoms with E-state index in [1.165, 1.54) is 57.4 Å². The molecule has 268 valence electrons. The van der Waals surface area contributed by atoms with Gasteiger partial charge in [0.1, 0.15) is 16.8 Å². The molecule has 0 radical (unpaired) electrons. The highest BCUT2D eigenvalue weighted by atomic mass is 32.2. The Morgan fingerprint density at radius 3 is 2.31 bits per heavy atom. The third kappa shape index (κ3) is 8.74. The summed E-state index contributed by atoms with van der Waals surface area (Å²) in [5.41, 5.74) is 2.56. The zero-order chi connectivity index (χ0) is 37.4. The van der Waals surface area contributed by atoms with Gasteiger partial charge in [-0.3, -0.25) is 19.2 Å². The first-order chi connectivity index (χ1) is 25.0. The molecule has 1 atom stereocenters. The van der Waals surface area contributed by atoms with Crippen molar-refractivity contribution in [2.75, 3.05) is 38.5 Å². The van der Waals surface area contributed by atoms with Crippen molar-refractivity contribution in [2.45, 2.75) is 37.0 Å². The van der Waals surface area contributed by atoms with Gasteiger partial charge in [0.05, 0.1) is 38.7 Å². The number of methoxy groups -OCH3 is 3. The van der Waals surface area contributed by atoms with Crippen molar-refractivity contribution in [3.63, 3.8) is 0 Å². The molecule has 3 N–H and O–H groups in total. The molecule has 0 aliphatic carbocycles. The van der Waals surface area contributed by atoms with E-state index < -0.39 is 17.1 Å². The quantitative estimate of drug-likeness (QED) is 0.116. The Balaban J connectivity index is 1.33. The Morgan fingerprint density at radius 1 is 0.962 bits per heavy atom. The second kappa shape index (κ2) is 17.0. The average molecular weight is 740 g/mol. The molecular weight excluding hydrogens is 703 g/mol. The minimum Gasteiger partial charge on any atom is -0.493 e. The second-order valence-corrected chi connectivity index (χ2v) is 14.1. The lowest BCUT2D eigenvalue weighted by molar-refractivity contribution is -0.129. The van der Waals surface area contributed by atoms with Gasteiger partial charge in [0.25, 0.3) is 11.8 Å². The lowest BCUT2D eigenvalue weighted by Crippen LogP contribution is -2.33. The predicted molar refractivity (Wildman–Crippen MR) is 201 cm³/mol. The van der Waals surface area contributed by atoms with Crippen LogP contribution in [0.15, 0.2) is 77.3 Å². The Kier molecular flexibility index (Phi) is 12.2. The maximum Gasteiger partial charge on any atom is 0.272 e. The third-order valence-electron chi connectivity index (χ3n) is 8.15. The SMILES string of the molecule is COc1cc(/C=C(/NC(=O)c2ccccc2)C(=O)Nc2cccc(SC(C)C(=O)Nc3sc4c(c3C#N)CCN(C(C)=O)C4)c2)cc(OC)c1OC. The molecule has 12 nitrogen and oxygen atoms in total. The van der Waals surface area contributed by atoms with Gasteiger partial charge in [-0.25, -0.2) is 0 Å². The number of thiophene rings is 1. The number of thioether (sulfide) groups is 1. The van der Waals surface area contributed by atoms with E-state index in [4.69, 9.17) is 14.2 Å². The standard InChI is InChI=1S/C38H37N5O7S2/c1-22(35(45)42-38-29(20-39)28-14-15-43(23(2)44)21-33(28)52-38)51-27-13-9-12-26(19-27)40-37(47)30(41-36(46)25-10-7-6-8-11-25)16-24-17-31(48-3)34(50-5)32(18-24)49-4/h6-13,16-19,22H,14-15,21H2,1-5H3,(H,40,47)(H,41,46)(H,42,45)/b30-16+. The number of amides is 4. The fourth-order valence-corrected chi connectivity index (χ4v) is 7.63. The topological polar surface area (TPSA) is 159 Å². The summed E-state index contributed by atoms with van der Waals surface area (Å²) in [4.78, 5) is 55.5. The molecule has 4 aromatic rings. The lowest BCUT2D eigenvalue weighted by Gasteiger charge is -2.25. The van der Waals surface area contributed by atoms with Crippen LogP contribution in [0, 0.1) is 11.3 Å². The van der Waals surface area contributed by atoms with Gasteiger partial charge in [-0.15, -0.1) is 23.1 Å². The molecule has 0 saturated heterocycles. The van der Waals surface area contributed by atoms with E-state index in [1.807, 2.05) is 6.07 Å². The second-order valence-electron chi connectivity index (χ2n) is 11.6. The van der Waals surface area contributed by atoms with Crippen molar-refractivity contribution in [3.05, 3.63) is 99.6 Å². The Hall–Kier alpha value is -5.78. The zero-order valence-corrected chi connectivity index (χ0v) is 30.8. The Morgan fingerprint density at radius 2 is 1.67 bits per heavy atom. The van der Waals surface area contributed by atoms with Gasteiger partial charge in [0.15, 0.2) is 11.5 Å². The number of benzene rings is 3. The number of nitriles is 1. The van der Waals surface area contributed by atoms with Gasteiger partial charge in [0.2, 0.25) is 17.6 Å². The third-order valence-corrected chi connectivity index (χ3v) is 10.4. The molecule has 0 saturated carbocycles. The highest BCUT2D eigenvalue weighted by Crippen LogP contribution is 2.39. The molecule has 2 heterocycles. The van der Waals surface area contributed by atoms with Gasteiger partial charge >= 0.3 is 0 Å². The number of ether oxygens (including phenoxy) is 3. The number of nitrogens with zero attached hydrogens (tertiary/aromatic N) is 2. The van der Waals surface area contributed by atoms with Gasteiger partial charge in [-0.1, -0.05) is 24.3 Å². The van der Waals surface area contributed by atoms with E-state index in [9.17, 15) is 24.4 Å². The number of carbonyl (C=O) groups is 4. The normalized spacial score (nSPS) is 12.8. The minimum atomic E-state index is -0.597. The van der Waals surface area contributed by atoms with Crippen molar-refractivity contribution in [1.82, 2.24) is 10.2 Å². The molecule has 0 fully saturated rings. The molecule has 3 aromatic carbocycles. The summed E-state index contributed by atoms with van der Waals surface area (Å²) < 4.78 is 16.3. The van der Waals surface area contributed by atoms with Crippen molar-refractivity contribution in [1.29, 1.82) is 5.26 Å². The van der Waals surface area contributed by atoms with E-state index in [0.717, 1.165) is 10.4 Å². The number of fused-ring (bicyclic) bond motifs is 1. The zero-order valence-electron chi connectivity index (χ0n) is 29.2. The summed E-state index contributed by atoms with van der Waals surface area (Å²) in [7, 11) is 4.45. The molecule has 1 aliphatic rings. The van der Waals surface area contributed by atoms with E-state index in [1.54, 1.807) is 72.5 Å². The number of rotatable bonds is 12.